The van der Waals surface area contributed by atoms with Crippen LogP contribution in [0, 0.1) is 5.92 Å². The highest BCUT2D eigenvalue weighted by Crippen LogP contribution is 2.79. The molecule has 0 aromatic heterocycles. The fourth-order valence-corrected chi connectivity index (χ4v) is 11.4. The third-order valence-corrected chi connectivity index (χ3v) is 12.6. The SMILES string of the molecule is O=C(CCCC[C@@H]1SC[C@@H]2NC(=O)N[C@@H]21)NCCS[C@@]12CC3=CC(=O)O[C@@]34C1[C@@H]2N1CCCC[C@@H]14. The summed E-state index contributed by atoms with van der Waals surface area (Å²) in [5.41, 5.74) is 0.905. The number of piperidine rings is 2. The molecule has 1 spiro atoms. The zero-order valence-corrected chi connectivity index (χ0v) is 21.6. The Morgan fingerprint density at radius 1 is 1.29 bits per heavy atom. The van der Waals surface area contributed by atoms with Gasteiger partial charge >= 0.3 is 12.0 Å². The standard InChI is InChI=1S/C25H34N4O4S2/c30-18(7-2-1-5-16-20-15(13-34-16)27-23(32)28-20)26-8-10-35-24-12-14-11-19(31)33-25(14)17-6-3-4-9-29(17)22(24)21(24)25/h11,15-17,20-22H,1-10,12-13H2,(H,26,30)(H2,27,28,32)/t15-,16-,17+,20-,21?,22-,24-,25-/m0/s1. The van der Waals surface area contributed by atoms with Crippen LogP contribution in [0.5, 0.6) is 0 Å². The smallest absolute Gasteiger partial charge is 0.331 e. The molecule has 2 aliphatic carbocycles. The second-order valence-corrected chi connectivity index (χ2v) is 14.0. The van der Waals surface area contributed by atoms with E-state index in [9.17, 15) is 14.4 Å². The Labute approximate surface area is 214 Å². The molecule has 5 aliphatic heterocycles. The summed E-state index contributed by atoms with van der Waals surface area (Å²) in [4.78, 5) is 38.7. The van der Waals surface area contributed by atoms with Crippen molar-refractivity contribution >= 4 is 41.4 Å². The van der Waals surface area contributed by atoms with Crippen LogP contribution in [0.3, 0.4) is 0 Å². The van der Waals surface area contributed by atoms with Gasteiger partial charge in [-0.15, -0.1) is 0 Å². The van der Waals surface area contributed by atoms with E-state index in [-0.39, 0.29) is 40.3 Å². The molecule has 1 unspecified atom stereocenters. The highest BCUT2D eigenvalue weighted by molar-refractivity contribution is 8.01. The summed E-state index contributed by atoms with van der Waals surface area (Å²) < 4.78 is 6.27. The molecule has 2 saturated carbocycles. The first kappa shape index (κ1) is 22.8. The molecule has 3 N–H and O–H groups in total. The van der Waals surface area contributed by atoms with Crippen molar-refractivity contribution in [2.75, 3.05) is 24.6 Å². The third-order valence-electron chi connectivity index (χ3n) is 9.50. The minimum Gasteiger partial charge on any atom is -0.449 e. The van der Waals surface area contributed by atoms with Crippen molar-refractivity contribution in [1.82, 2.24) is 20.9 Å². The van der Waals surface area contributed by atoms with Crippen molar-refractivity contribution in [2.45, 2.75) is 91.1 Å². The first-order chi connectivity index (χ1) is 17.0. The third kappa shape index (κ3) is 3.34. The van der Waals surface area contributed by atoms with Gasteiger partial charge in [0.1, 0.15) is 0 Å². The van der Waals surface area contributed by atoms with Crippen LogP contribution in [0.4, 0.5) is 4.79 Å². The van der Waals surface area contributed by atoms with Crippen molar-refractivity contribution in [3.63, 3.8) is 0 Å². The zero-order chi connectivity index (χ0) is 23.8. The molecule has 6 fully saturated rings. The monoisotopic (exact) mass is 518 g/mol. The van der Waals surface area contributed by atoms with Crippen molar-refractivity contribution < 1.29 is 19.1 Å². The van der Waals surface area contributed by atoms with E-state index in [4.69, 9.17) is 4.74 Å². The van der Waals surface area contributed by atoms with E-state index in [1.54, 1.807) is 6.08 Å². The van der Waals surface area contributed by atoms with Gasteiger partial charge in [0.2, 0.25) is 5.91 Å². The average Bonchev–Trinajstić information content (AvgIpc) is 3.27. The molecule has 190 valence electrons. The topological polar surface area (TPSA) is 99.8 Å². The molecule has 7 rings (SSSR count). The molecule has 7 aliphatic rings. The molecular weight excluding hydrogens is 484 g/mol. The molecule has 10 heteroatoms. The number of ether oxygens (including phenoxy) is 1. The summed E-state index contributed by atoms with van der Waals surface area (Å²) >= 11 is 3.93. The van der Waals surface area contributed by atoms with Crippen LogP contribution < -0.4 is 16.0 Å². The Kier molecular flexibility index (Phi) is 5.41. The number of hydrogen-bond acceptors (Lipinski definition) is 7. The number of nitrogens with one attached hydrogen (secondary N) is 3. The quantitative estimate of drug-likeness (QED) is 0.243. The predicted molar refractivity (Wildman–Crippen MR) is 135 cm³/mol. The van der Waals surface area contributed by atoms with Crippen LogP contribution in [0.25, 0.3) is 0 Å². The van der Waals surface area contributed by atoms with Gasteiger partial charge in [-0.2, -0.15) is 23.5 Å². The number of thioether (sulfide) groups is 2. The second-order valence-electron chi connectivity index (χ2n) is 11.3. The van der Waals surface area contributed by atoms with Gasteiger partial charge in [0.15, 0.2) is 5.60 Å². The molecule has 0 aromatic rings. The predicted octanol–water partition coefficient (Wildman–Crippen LogP) is 1.79. The summed E-state index contributed by atoms with van der Waals surface area (Å²) in [7, 11) is 0. The number of fused-ring (bicyclic) bond motifs is 4. The van der Waals surface area contributed by atoms with Crippen molar-refractivity contribution in [2.24, 2.45) is 5.92 Å². The maximum absolute atomic E-state index is 12.4. The number of esters is 1. The Morgan fingerprint density at radius 2 is 2.20 bits per heavy atom. The van der Waals surface area contributed by atoms with Gasteiger partial charge in [0, 0.05) is 52.5 Å². The first-order valence-corrected chi connectivity index (χ1v) is 15.4. The van der Waals surface area contributed by atoms with Crippen LogP contribution in [0.1, 0.15) is 51.4 Å². The summed E-state index contributed by atoms with van der Waals surface area (Å²) in [5.74, 6) is 2.32. The Balaban J connectivity index is 0.854. The Bertz CT molecular complexity index is 993. The number of rotatable bonds is 9. The number of urea groups is 1. The number of hydrogen-bond donors (Lipinski definition) is 3. The lowest BCUT2D eigenvalue weighted by Gasteiger charge is -2.40. The highest BCUT2D eigenvalue weighted by atomic mass is 32.2. The molecule has 0 bridgehead atoms. The summed E-state index contributed by atoms with van der Waals surface area (Å²) in [6.07, 6.45) is 9.88. The van der Waals surface area contributed by atoms with Crippen molar-refractivity contribution in [1.29, 1.82) is 0 Å². The van der Waals surface area contributed by atoms with E-state index in [1.807, 2.05) is 23.5 Å². The van der Waals surface area contributed by atoms with Gasteiger partial charge in [-0.25, -0.2) is 9.59 Å². The van der Waals surface area contributed by atoms with Gasteiger partial charge in [-0.1, -0.05) is 12.8 Å². The van der Waals surface area contributed by atoms with E-state index in [2.05, 4.69) is 20.9 Å². The maximum atomic E-state index is 12.4. The molecule has 0 radical (unpaired) electrons. The lowest BCUT2D eigenvalue weighted by Crippen LogP contribution is -2.52. The van der Waals surface area contributed by atoms with Crippen molar-refractivity contribution in [3.05, 3.63) is 11.6 Å². The van der Waals surface area contributed by atoms with Gasteiger partial charge in [-0.3, -0.25) is 9.69 Å². The summed E-state index contributed by atoms with van der Waals surface area (Å²) in [5, 5.41) is 9.60. The largest absolute Gasteiger partial charge is 0.449 e. The summed E-state index contributed by atoms with van der Waals surface area (Å²) in [6.45, 7) is 1.82. The molecule has 35 heavy (non-hydrogen) atoms. The van der Waals surface area contributed by atoms with Gasteiger partial charge < -0.3 is 20.7 Å². The summed E-state index contributed by atoms with van der Waals surface area (Å²) in [6, 6.07) is 1.39. The van der Waals surface area contributed by atoms with Gasteiger partial charge in [0.25, 0.3) is 0 Å². The lowest BCUT2D eigenvalue weighted by molar-refractivity contribution is -0.150. The van der Waals surface area contributed by atoms with Gasteiger partial charge in [-0.05, 0) is 44.2 Å². The number of unbranched alkanes of at least 4 members (excludes halogenated alkanes) is 1. The fourth-order valence-electron chi connectivity index (χ4n) is 8.21. The molecule has 0 aromatic carbocycles. The molecular formula is C25H34N4O4S2. The zero-order valence-electron chi connectivity index (χ0n) is 19.9. The van der Waals surface area contributed by atoms with Crippen LogP contribution in [0.2, 0.25) is 0 Å². The Morgan fingerprint density at radius 3 is 3.11 bits per heavy atom. The van der Waals surface area contributed by atoms with Gasteiger partial charge in [0.05, 0.1) is 18.1 Å². The molecule has 3 amide bonds. The van der Waals surface area contributed by atoms with Crippen LogP contribution in [0.15, 0.2) is 11.6 Å². The molecule has 5 heterocycles. The van der Waals surface area contributed by atoms with Crippen LogP contribution >= 0.6 is 23.5 Å². The number of carbonyl (C=O) groups is 3. The molecule has 8 atom stereocenters. The van der Waals surface area contributed by atoms with Crippen LogP contribution in [-0.4, -0.2) is 87.2 Å². The molecule has 4 saturated heterocycles. The maximum Gasteiger partial charge on any atom is 0.331 e. The van der Waals surface area contributed by atoms with Crippen molar-refractivity contribution in [3.8, 4) is 0 Å². The van der Waals surface area contributed by atoms with E-state index >= 15 is 0 Å². The van der Waals surface area contributed by atoms with E-state index in [0.717, 1.165) is 50.2 Å². The minimum absolute atomic E-state index is 0.0404. The number of amides is 3. The van der Waals surface area contributed by atoms with E-state index in [0.29, 0.717) is 36.2 Å². The minimum atomic E-state index is -0.340. The van der Waals surface area contributed by atoms with E-state index in [1.165, 1.54) is 18.4 Å². The van der Waals surface area contributed by atoms with E-state index < -0.39 is 0 Å². The lowest BCUT2D eigenvalue weighted by atomic mass is 9.84. The fraction of sp³-hybridized carbons (Fsp3) is 0.800. The normalized spacial score (nSPS) is 44.1. The second kappa shape index (κ2) is 8.31. The molecule has 8 nitrogen and oxygen atoms in total. The highest BCUT2D eigenvalue weighted by Gasteiger charge is 2.88. The first-order valence-electron chi connectivity index (χ1n) is 13.3. The number of carbonyl (C=O) groups excluding carboxylic acids is 3. The average molecular weight is 519 g/mol. The number of nitrogens with zero attached hydrogens (tertiary/aromatic N) is 1. The Hall–Kier alpha value is -1.39. The van der Waals surface area contributed by atoms with Crippen LogP contribution in [-0.2, 0) is 14.3 Å².